The van der Waals surface area contributed by atoms with Crippen LogP contribution in [0.25, 0.3) is 0 Å². The highest BCUT2D eigenvalue weighted by Crippen LogP contribution is 2.17. The van der Waals surface area contributed by atoms with Crippen LogP contribution in [0.4, 0.5) is 0 Å². The van der Waals surface area contributed by atoms with E-state index in [2.05, 4.69) is 22.6 Å². The van der Waals surface area contributed by atoms with Gasteiger partial charge in [-0.1, -0.05) is 0 Å². The highest BCUT2D eigenvalue weighted by atomic mass is 127. The van der Waals surface area contributed by atoms with Crippen LogP contribution in [0.2, 0.25) is 0 Å². The number of rotatable bonds is 2. The number of ether oxygens (including phenoxy) is 1. The first kappa shape index (κ1) is 13.4. The molecule has 0 amide bonds. The van der Waals surface area contributed by atoms with Gasteiger partial charge < -0.3 is 9.84 Å². The predicted molar refractivity (Wildman–Crippen MR) is 70.3 cm³/mol. The lowest BCUT2D eigenvalue weighted by atomic mass is 10.1. The van der Waals surface area contributed by atoms with E-state index in [-0.39, 0.29) is 12.6 Å². The van der Waals surface area contributed by atoms with Crippen molar-refractivity contribution in [2.75, 3.05) is 0 Å². The number of benzene rings is 1. The maximum Gasteiger partial charge on any atom is 0.338 e. The fraction of sp³-hybridized carbons (Fsp3) is 0.417. The number of aliphatic hydroxyl groups is 1. The lowest BCUT2D eigenvalue weighted by Gasteiger charge is -2.19. The van der Waals surface area contributed by atoms with Gasteiger partial charge in [-0.05, 0) is 67.1 Å². The highest BCUT2D eigenvalue weighted by Gasteiger charge is 2.18. The molecule has 1 N–H and O–H groups in total. The third-order valence-corrected chi connectivity index (χ3v) is 2.90. The summed E-state index contributed by atoms with van der Waals surface area (Å²) in [7, 11) is 0. The lowest BCUT2D eigenvalue weighted by molar-refractivity contribution is 0.00693. The molecule has 0 saturated heterocycles. The molecule has 16 heavy (non-hydrogen) atoms. The van der Waals surface area contributed by atoms with Crippen molar-refractivity contribution < 1.29 is 14.6 Å². The first-order valence-corrected chi connectivity index (χ1v) is 6.04. The molecule has 0 aliphatic heterocycles. The third kappa shape index (κ3) is 3.75. The number of carbonyl (C=O) groups is 1. The van der Waals surface area contributed by atoms with Crippen molar-refractivity contribution in [3.05, 3.63) is 32.9 Å². The summed E-state index contributed by atoms with van der Waals surface area (Å²) >= 11 is 2.12. The smallest absolute Gasteiger partial charge is 0.338 e. The van der Waals surface area contributed by atoms with Crippen LogP contribution in [0.3, 0.4) is 0 Å². The van der Waals surface area contributed by atoms with Gasteiger partial charge in [0.15, 0.2) is 0 Å². The maximum atomic E-state index is 11.7. The lowest BCUT2D eigenvalue weighted by Crippen LogP contribution is -2.24. The van der Waals surface area contributed by atoms with Crippen molar-refractivity contribution in [3.8, 4) is 0 Å². The minimum absolute atomic E-state index is 0.0745. The van der Waals surface area contributed by atoms with E-state index in [1.807, 2.05) is 20.8 Å². The Labute approximate surface area is 109 Å². The quantitative estimate of drug-likeness (QED) is 0.668. The number of esters is 1. The van der Waals surface area contributed by atoms with E-state index in [1.54, 1.807) is 18.2 Å². The highest BCUT2D eigenvalue weighted by molar-refractivity contribution is 14.1. The van der Waals surface area contributed by atoms with Crippen LogP contribution in [-0.4, -0.2) is 16.7 Å². The number of aliphatic hydroxyl groups excluding tert-OH is 1. The summed E-state index contributed by atoms with van der Waals surface area (Å²) in [5.41, 5.74) is 0.711. The molecule has 0 aliphatic carbocycles. The normalized spacial score (nSPS) is 11.3. The molecule has 0 heterocycles. The van der Waals surface area contributed by atoms with Crippen molar-refractivity contribution in [1.29, 1.82) is 0 Å². The SMILES string of the molecule is CC(C)(C)OC(=O)c1ccc(I)c(CO)c1. The van der Waals surface area contributed by atoms with E-state index in [0.717, 1.165) is 9.13 Å². The van der Waals surface area contributed by atoms with Gasteiger partial charge in [-0.15, -0.1) is 0 Å². The Morgan fingerprint density at radius 3 is 2.56 bits per heavy atom. The molecular weight excluding hydrogens is 319 g/mol. The molecule has 1 aromatic rings. The monoisotopic (exact) mass is 334 g/mol. The predicted octanol–water partition coefficient (Wildman–Crippen LogP) is 2.74. The zero-order valence-electron chi connectivity index (χ0n) is 9.58. The van der Waals surface area contributed by atoms with E-state index in [4.69, 9.17) is 9.84 Å². The van der Waals surface area contributed by atoms with E-state index < -0.39 is 5.60 Å². The molecular formula is C12H15IO3. The fourth-order valence-corrected chi connectivity index (χ4v) is 1.67. The standard InChI is InChI=1S/C12H15IO3/c1-12(2,3)16-11(15)8-4-5-10(13)9(6-8)7-14/h4-6,14H,7H2,1-3H3. The van der Waals surface area contributed by atoms with Crippen molar-refractivity contribution in [2.45, 2.75) is 33.0 Å². The molecule has 0 unspecified atom stereocenters. The van der Waals surface area contributed by atoms with Gasteiger partial charge in [0, 0.05) is 3.57 Å². The average Bonchev–Trinajstić information content (AvgIpc) is 2.15. The van der Waals surface area contributed by atoms with Gasteiger partial charge in [-0.3, -0.25) is 0 Å². The first-order chi connectivity index (χ1) is 7.33. The number of hydrogen-bond acceptors (Lipinski definition) is 3. The zero-order valence-corrected chi connectivity index (χ0v) is 11.7. The topological polar surface area (TPSA) is 46.5 Å². The molecule has 88 valence electrons. The second-order valence-electron chi connectivity index (χ2n) is 4.47. The van der Waals surface area contributed by atoms with Crippen LogP contribution >= 0.6 is 22.6 Å². The summed E-state index contributed by atoms with van der Waals surface area (Å²) < 4.78 is 6.18. The molecule has 0 radical (unpaired) electrons. The summed E-state index contributed by atoms with van der Waals surface area (Å²) in [6.45, 7) is 5.40. The molecule has 0 spiro atoms. The summed E-state index contributed by atoms with van der Waals surface area (Å²) in [5.74, 6) is -0.362. The molecule has 0 aliphatic rings. The van der Waals surface area contributed by atoms with Crippen molar-refractivity contribution >= 4 is 28.6 Å². The van der Waals surface area contributed by atoms with Crippen LogP contribution < -0.4 is 0 Å². The van der Waals surface area contributed by atoms with Gasteiger partial charge >= 0.3 is 5.97 Å². The van der Waals surface area contributed by atoms with Crippen LogP contribution in [-0.2, 0) is 11.3 Å². The van der Waals surface area contributed by atoms with E-state index >= 15 is 0 Å². The third-order valence-electron chi connectivity index (χ3n) is 1.85. The van der Waals surface area contributed by atoms with Crippen LogP contribution in [0.1, 0.15) is 36.7 Å². The van der Waals surface area contributed by atoms with Gasteiger partial charge in [0.25, 0.3) is 0 Å². The molecule has 0 aromatic heterocycles. The zero-order chi connectivity index (χ0) is 12.3. The number of halogens is 1. The van der Waals surface area contributed by atoms with Crippen LogP contribution in [0.15, 0.2) is 18.2 Å². The van der Waals surface area contributed by atoms with Crippen molar-refractivity contribution in [1.82, 2.24) is 0 Å². The van der Waals surface area contributed by atoms with E-state index in [1.165, 1.54) is 0 Å². The number of hydrogen-bond donors (Lipinski definition) is 1. The van der Waals surface area contributed by atoms with Gasteiger partial charge in [0.2, 0.25) is 0 Å². The first-order valence-electron chi connectivity index (χ1n) is 4.96. The molecule has 0 atom stereocenters. The van der Waals surface area contributed by atoms with Gasteiger partial charge in [0.1, 0.15) is 5.60 Å². The molecule has 1 rings (SSSR count). The average molecular weight is 334 g/mol. The van der Waals surface area contributed by atoms with Crippen molar-refractivity contribution in [2.24, 2.45) is 0 Å². The molecule has 4 heteroatoms. The summed E-state index contributed by atoms with van der Waals surface area (Å²) in [5, 5.41) is 9.10. The van der Waals surface area contributed by atoms with Crippen LogP contribution in [0.5, 0.6) is 0 Å². The molecule has 0 saturated carbocycles. The molecule has 1 aromatic carbocycles. The Morgan fingerprint density at radius 2 is 2.06 bits per heavy atom. The maximum absolute atomic E-state index is 11.7. The second kappa shape index (κ2) is 5.14. The van der Waals surface area contributed by atoms with Gasteiger partial charge in [-0.2, -0.15) is 0 Å². The Balaban J connectivity index is 2.93. The second-order valence-corrected chi connectivity index (χ2v) is 5.63. The minimum atomic E-state index is -0.501. The molecule has 3 nitrogen and oxygen atoms in total. The summed E-state index contributed by atoms with van der Waals surface area (Å²) in [4.78, 5) is 11.7. The summed E-state index contributed by atoms with van der Waals surface area (Å²) in [6.07, 6.45) is 0. The largest absolute Gasteiger partial charge is 0.456 e. The summed E-state index contributed by atoms with van der Waals surface area (Å²) in [6, 6.07) is 5.16. The van der Waals surface area contributed by atoms with E-state index in [0.29, 0.717) is 5.56 Å². The van der Waals surface area contributed by atoms with Crippen LogP contribution in [0, 0.1) is 3.57 Å². The molecule has 0 bridgehead atoms. The number of carbonyl (C=O) groups excluding carboxylic acids is 1. The minimum Gasteiger partial charge on any atom is -0.456 e. The Bertz CT molecular complexity index is 394. The van der Waals surface area contributed by atoms with E-state index in [9.17, 15) is 4.79 Å². The van der Waals surface area contributed by atoms with Gasteiger partial charge in [-0.25, -0.2) is 4.79 Å². The fourth-order valence-electron chi connectivity index (χ4n) is 1.16. The van der Waals surface area contributed by atoms with Gasteiger partial charge in [0.05, 0.1) is 12.2 Å². The Kier molecular flexibility index (Phi) is 4.32. The van der Waals surface area contributed by atoms with Crippen molar-refractivity contribution in [3.63, 3.8) is 0 Å². The Morgan fingerprint density at radius 1 is 1.44 bits per heavy atom. The molecule has 0 fully saturated rings. The Hall–Kier alpha value is -0.620.